The fourth-order valence-electron chi connectivity index (χ4n) is 1.82. The quantitative estimate of drug-likeness (QED) is 0.715. The fraction of sp³-hybridized carbons (Fsp3) is 0.455. The number of nitrogens with zero attached hydrogens (tertiary/aromatic N) is 2. The molecule has 1 aliphatic rings. The summed E-state index contributed by atoms with van der Waals surface area (Å²) in [6.45, 7) is 1.44. The summed E-state index contributed by atoms with van der Waals surface area (Å²) in [4.78, 5) is 17.8. The molecule has 0 aromatic carbocycles. The van der Waals surface area contributed by atoms with Crippen LogP contribution >= 0.6 is 11.6 Å². The molecular weight excluding hydrogens is 212 g/mol. The van der Waals surface area contributed by atoms with Gasteiger partial charge < -0.3 is 4.90 Å². The van der Waals surface area contributed by atoms with Gasteiger partial charge in [0.05, 0.1) is 0 Å². The summed E-state index contributed by atoms with van der Waals surface area (Å²) < 4.78 is 0. The number of carbonyl (C=O) groups excluding carboxylic acids is 1. The Bertz CT molecular complexity index is 367. The van der Waals surface area contributed by atoms with E-state index in [1.54, 1.807) is 6.20 Å². The van der Waals surface area contributed by atoms with Crippen molar-refractivity contribution in [3.8, 4) is 0 Å². The van der Waals surface area contributed by atoms with Crippen molar-refractivity contribution >= 4 is 17.5 Å². The molecule has 1 aromatic heterocycles. The Morgan fingerprint density at radius 1 is 1.60 bits per heavy atom. The first-order valence-electron chi connectivity index (χ1n) is 5.08. The molecule has 0 atom stereocenters. The largest absolute Gasteiger partial charge is 0.338 e. The molecule has 1 aliphatic heterocycles. The van der Waals surface area contributed by atoms with Gasteiger partial charge in [-0.25, -0.2) is 0 Å². The number of rotatable bonds is 2. The van der Waals surface area contributed by atoms with Crippen LogP contribution in [0.2, 0.25) is 0 Å². The number of alkyl halides is 1. The molecule has 0 bridgehead atoms. The van der Waals surface area contributed by atoms with Gasteiger partial charge in [-0.3, -0.25) is 9.78 Å². The molecule has 1 amide bonds. The Morgan fingerprint density at radius 2 is 2.47 bits per heavy atom. The number of carbonyl (C=O) groups is 1. The van der Waals surface area contributed by atoms with E-state index in [0.717, 1.165) is 24.2 Å². The molecule has 0 N–H and O–H groups in total. The van der Waals surface area contributed by atoms with Crippen molar-refractivity contribution in [2.45, 2.75) is 19.4 Å². The minimum Gasteiger partial charge on any atom is -0.338 e. The Hall–Kier alpha value is -1.09. The summed E-state index contributed by atoms with van der Waals surface area (Å²) in [7, 11) is 0. The highest BCUT2D eigenvalue weighted by molar-refractivity contribution is 6.18. The lowest BCUT2D eigenvalue weighted by molar-refractivity contribution is -0.131. The molecule has 0 saturated carbocycles. The number of halogens is 1. The zero-order chi connectivity index (χ0) is 10.7. The summed E-state index contributed by atoms with van der Waals surface area (Å²) >= 11 is 5.56. The van der Waals surface area contributed by atoms with Crippen LogP contribution in [0.5, 0.6) is 0 Å². The Balaban J connectivity index is 2.08. The number of pyridine rings is 1. The van der Waals surface area contributed by atoms with E-state index in [1.165, 1.54) is 0 Å². The monoisotopic (exact) mass is 224 g/mol. The van der Waals surface area contributed by atoms with E-state index in [9.17, 15) is 4.79 Å². The second kappa shape index (κ2) is 4.62. The zero-order valence-electron chi connectivity index (χ0n) is 8.45. The van der Waals surface area contributed by atoms with Gasteiger partial charge in [-0.05, 0) is 11.6 Å². The standard InChI is InChI=1S/C11H13ClN2O/c12-5-3-11(15)14-7-4-10-9(8-14)2-1-6-13-10/h1-2,6H,3-5,7-8H2. The van der Waals surface area contributed by atoms with E-state index in [2.05, 4.69) is 4.98 Å². The van der Waals surface area contributed by atoms with Gasteiger partial charge >= 0.3 is 0 Å². The van der Waals surface area contributed by atoms with Gasteiger partial charge in [0.15, 0.2) is 0 Å². The lowest BCUT2D eigenvalue weighted by Crippen LogP contribution is -2.36. The summed E-state index contributed by atoms with van der Waals surface area (Å²) in [6, 6.07) is 3.94. The van der Waals surface area contributed by atoms with Crippen LogP contribution in [0.15, 0.2) is 18.3 Å². The first-order valence-corrected chi connectivity index (χ1v) is 5.61. The van der Waals surface area contributed by atoms with E-state index in [0.29, 0.717) is 18.8 Å². The Kier molecular flexibility index (Phi) is 3.21. The SMILES string of the molecule is O=C(CCCl)N1CCc2ncccc2C1. The molecule has 3 nitrogen and oxygen atoms in total. The van der Waals surface area contributed by atoms with Crippen molar-refractivity contribution in [2.75, 3.05) is 12.4 Å². The van der Waals surface area contributed by atoms with Crippen LogP contribution in [-0.2, 0) is 17.8 Å². The van der Waals surface area contributed by atoms with E-state index >= 15 is 0 Å². The van der Waals surface area contributed by atoms with E-state index < -0.39 is 0 Å². The molecule has 80 valence electrons. The van der Waals surface area contributed by atoms with Gasteiger partial charge in [0, 0.05) is 43.7 Å². The molecule has 2 heterocycles. The number of amides is 1. The van der Waals surface area contributed by atoms with Crippen LogP contribution in [0.4, 0.5) is 0 Å². The lowest BCUT2D eigenvalue weighted by atomic mass is 10.1. The van der Waals surface area contributed by atoms with Crippen molar-refractivity contribution in [1.29, 1.82) is 0 Å². The molecule has 2 rings (SSSR count). The molecule has 0 unspecified atom stereocenters. The third-order valence-electron chi connectivity index (χ3n) is 2.63. The molecule has 0 fully saturated rings. The average molecular weight is 225 g/mol. The minimum absolute atomic E-state index is 0.138. The number of hydrogen-bond donors (Lipinski definition) is 0. The van der Waals surface area contributed by atoms with Crippen LogP contribution < -0.4 is 0 Å². The smallest absolute Gasteiger partial charge is 0.224 e. The molecule has 0 radical (unpaired) electrons. The highest BCUT2D eigenvalue weighted by atomic mass is 35.5. The second-order valence-corrected chi connectivity index (χ2v) is 3.99. The summed E-state index contributed by atoms with van der Waals surface area (Å²) in [5, 5.41) is 0. The molecule has 0 saturated heterocycles. The summed E-state index contributed by atoms with van der Waals surface area (Å²) in [5.41, 5.74) is 2.28. The van der Waals surface area contributed by atoms with Crippen molar-refractivity contribution in [3.63, 3.8) is 0 Å². The lowest BCUT2D eigenvalue weighted by Gasteiger charge is -2.27. The summed E-state index contributed by atoms with van der Waals surface area (Å²) in [6.07, 6.45) is 3.08. The topological polar surface area (TPSA) is 33.2 Å². The number of hydrogen-bond acceptors (Lipinski definition) is 2. The fourth-order valence-corrected chi connectivity index (χ4v) is 1.98. The van der Waals surface area contributed by atoms with Gasteiger partial charge in [0.2, 0.25) is 5.91 Å². The molecule has 0 spiro atoms. The predicted octanol–water partition coefficient (Wildman–Crippen LogP) is 1.60. The van der Waals surface area contributed by atoms with E-state index in [4.69, 9.17) is 11.6 Å². The first-order chi connectivity index (χ1) is 7.31. The predicted molar refractivity (Wildman–Crippen MR) is 58.7 cm³/mol. The van der Waals surface area contributed by atoms with Gasteiger partial charge in [0.25, 0.3) is 0 Å². The number of fused-ring (bicyclic) bond motifs is 1. The zero-order valence-corrected chi connectivity index (χ0v) is 9.20. The number of aromatic nitrogens is 1. The van der Waals surface area contributed by atoms with Crippen LogP contribution in [0, 0.1) is 0 Å². The molecule has 1 aromatic rings. The van der Waals surface area contributed by atoms with Crippen LogP contribution in [0.3, 0.4) is 0 Å². The maximum absolute atomic E-state index is 11.6. The van der Waals surface area contributed by atoms with Crippen molar-refractivity contribution in [1.82, 2.24) is 9.88 Å². The summed E-state index contributed by atoms with van der Waals surface area (Å²) in [5.74, 6) is 0.536. The van der Waals surface area contributed by atoms with Crippen LogP contribution in [-0.4, -0.2) is 28.2 Å². The van der Waals surface area contributed by atoms with E-state index in [1.807, 2.05) is 17.0 Å². The van der Waals surface area contributed by atoms with Gasteiger partial charge in [-0.1, -0.05) is 6.07 Å². The highest BCUT2D eigenvalue weighted by Crippen LogP contribution is 2.16. The van der Waals surface area contributed by atoms with Crippen LogP contribution in [0.25, 0.3) is 0 Å². The normalized spacial score (nSPS) is 14.9. The molecule has 15 heavy (non-hydrogen) atoms. The van der Waals surface area contributed by atoms with Gasteiger partial charge in [-0.2, -0.15) is 0 Å². The highest BCUT2D eigenvalue weighted by Gasteiger charge is 2.20. The van der Waals surface area contributed by atoms with Crippen molar-refractivity contribution in [3.05, 3.63) is 29.6 Å². The van der Waals surface area contributed by atoms with Gasteiger partial charge in [0.1, 0.15) is 0 Å². The maximum Gasteiger partial charge on any atom is 0.224 e. The minimum atomic E-state index is 0.138. The van der Waals surface area contributed by atoms with Crippen molar-refractivity contribution in [2.24, 2.45) is 0 Å². The average Bonchev–Trinajstić information content (AvgIpc) is 2.29. The van der Waals surface area contributed by atoms with E-state index in [-0.39, 0.29) is 5.91 Å². The Morgan fingerprint density at radius 3 is 3.27 bits per heavy atom. The first kappa shape index (κ1) is 10.4. The molecule has 0 aliphatic carbocycles. The third-order valence-corrected chi connectivity index (χ3v) is 2.81. The Labute approximate surface area is 94.1 Å². The second-order valence-electron chi connectivity index (χ2n) is 3.61. The van der Waals surface area contributed by atoms with Gasteiger partial charge in [-0.15, -0.1) is 11.6 Å². The maximum atomic E-state index is 11.6. The van der Waals surface area contributed by atoms with Crippen molar-refractivity contribution < 1.29 is 4.79 Å². The molecular formula is C11H13ClN2O. The molecule has 4 heteroatoms. The third kappa shape index (κ3) is 2.29. The van der Waals surface area contributed by atoms with Crippen LogP contribution in [0.1, 0.15) is 17.7 Å².